The minimum Gasteiger partial charge on any atom is -0.493 e. The van der Waals surface area contributed by atoms with E-state index >= 15 is 0 Å². The van der Waals surface area contributed by atoms with Crippen molar-refractivity contribution in [2.45, 2.75) is 6.04 Å². The molecule has 1 amide bonds. The standard InChI is InChI=1S/C18H17N3O5/c1-20(18(22)13-6-4-5-7-14(13)21(23)24)15(11-19)12-8-9-16(25-2)17(10-12)26-3/h4-10,15H,1-3H3. The van der Waals surface area contributed by atoms with Crippen LogP contribution in [0.3, 0.4) is 0 Å². The molecule has 0 aliphatic rings. The monoisotopic (exact) mass is 355 g/mol. The van der Waals surface area contributed by atoms with Gasteiger partial charge in [-0.1, -0.05) is 18.2 Å². The number of nitro groups is 1. The lowest BCUT2D eigenvalue weighted by Crippen LogP contribution is -2.31. The van der Waals surface area contributed by atoms with E-state index in [1.807, 2.05) is 6.07 Å². The van der Waals surface area contributed by atoms with Gasteiger partial charge in [0.1, 0.15) is 11.6 Å². The number of nitrogens with zero attached hydrogens (tertiary/aromatic N) is 3. The molecule has 0 aliphatic heterocycles. The molecule has 0 bridgehead atoms. The number of hydrogen-bond donors (Lipinski definition) is 0. The molecule has 26 heavy (non-hydrogen) atoms. The number of carbonyl (C=O) groups excluding carboxylic acids is 1. The first-order valence-electron chi connectivity index (χ1n) is 7.56. The summed E-state index contributed by atoms with van der Waals surface area (Å²) in [6.07, 6.45) is 0. The van der Waals surface area contributed by atoms with Crippen molar-refractivity contribution >= 4 is 11.6 Å². The lowest BCUT2D eigenvalue weighted by atomic mass is 10.0. The van der Waals surface area contributed by atoms with E-state index in [4.69, 9.17) is 9.47 Å². The molecular formula is C18H17N3O5. The fourth-order valence-corrected chi connectivity index (χ4v) is 2.53. The third-order valence-electron chi connectivity index (χ3n) is 3.88. The number of benzene rings is 2. The van der Waals surface area contributed by atoms with E-state index in [0.29, 0.717) is 17.1 Å². The van der Waals surface area contributed by atoms with Crippen molar-refractivity contribution in [2.75, 3.05) is 21.3 Å². The number of hydrogen-bond acceptors (Lipinski definition) is 6. The van der Waals surface area contributed by atoms with Crippen LogP contribution < -0.4 is 9.47 Å². The van der Waals surface area contributed by atoms with Crippen LogP contribution in [0.2, 0.25) is 0 Å². The minimum atomic E-state index is -0.956. The summed E-state index contributed by atoms with van der Waals surface area (Å²) >= 11 is 0. The molecule has 2 aromatic carbocycles. The number of ether oxygens (including phenoxy) is 2. The third kappa shape index (κ3) is 3.57. The number of nitro benzene ring substituents is 1. The van der Waals surface area contributed by atoms with Gasteiger partial charge in [-0.15, -0.1) is 0 Å². The van der Waals surface area contributed by atoms with Gasteiger partial charge in [0, 0.05) is 13.1 Å². The Balaban J connectivity index is 2.41. The highest BCUT2D eigenvalue weighted by Gasteiger charge is 2.28. The summed E-state index contributed by atoms with van der Waals surface area (Å²) in [6.45, 7) is 0. The van der Waals surface area contributed by atoms with Gasteiger partial charge in [0.15, 0.2) is 11.5 Å². The molecule has 0 fully saturated rings. The smallest absolute Gasteiger partial charge is 0.282 e. The van der Waals surface area contributed by atoms with Gasteiger partial charge in [-0.3, -0.25) is 14.9 Å². The van der Waals surface area contributed by atoms with E-state index in [1.165, 1.54) is 45.5 Å². The van der Waals surface area contributed by atoms with Crippen molar-refractivity contribution in [1.82, 2.24) is 4.90 Å². The molecule has 8 heteroatoms. The Labute approximate surface area is 150 Å². The number of methoxy groups -OCH3 is 2. The Hall–Kier alpha value is -3.60. The molecule has 134 valence electrons. The maximum atomic E-state index is 12.7. The highest BCUT2D eigenvalue weighted by Crippen LogP contribution is 2.32. The molecule has 0 aliphatic carbocycles. The fourth-order valence-electron chi connectivity index (χ4n) is 2.53. The average Bonchev–Trinajstić information content (AvgIpc) is 2.67. The number of para-hydroxylation sites is 1. The van der Waals surface area contributed by atoms with Crippen LogP contribution in [-0.2, 0) is 0 Å². The zero-order valence-electron chi connectivity index (χ0n) is 14.5. The van der Waals surface area contributed by atoms with Crippen LogP contribution in [0.5, 0.6) is 11.5 Å². The number of carbonyl (C=O) groups is 1. The molecule has 2 aromatic rings. The summed E-state index contributed by atoms with van der Waals surface area (Å²) in [5.74, 6) is 0.274. The van der Waals surface area contributed by atoms with Gasteiger partial charge < -0.3 is 14.4 Å². The Morgan fingerprint density at radius 2 is 1.85 bits per heavy atom. The highest BCUT2D eigenvalue weighted by atomic mass is 16.6. The lowest BCUT2D eigenvalue weighted by molar-refractivity contribution is -0.385. The molecule has 0 heterocycles. The maximum Gasteiger partial charge on any atom is 0.282 e. The zero-order valence-corrected chi connectivity index (χ0v) is 14.5. The van der Waals surface area contributed by atoms with Gasteiger partial charge in [0.25, 0.3) is 11.6 Å². The van der Waals surface area contributed by atoms with Crippen molar-refractivity contribution in [2.24, 2.45) is 0 Å². The summed E-state index contributed by atoms with van der Waals surface area (Å²) in [5.41, 5.74) is 0.105. The zero-order chi connectivity index (χ0) is 19.3. The minimum absolute atomic E-state index is 0.0827. The highest BCUT2D eigenvalue weighted by molar-refractivity contribution is 5.98. The quantitative estimate of drug-likeness (QED) is 0.582. The summed E-state index contributed by atoms with van der Waals surface area (Å²) in [6, 6.07) is 11.6. The second-order valence-corrected chi connectivity index (χ2v) is 5.34. The van der Waals surface area contributed by atoms with Gasteiger partial charge in [-0.2, -0.15) is 5.26 Å². The lowest BCUT2D eigenvalue weighted by Gasteiger charge is -2.23. The predicted octanol–water partition coefficient (Wildman–Crippen LogP) is 2.95. The SMILES string of the molecule is COc1ccc(C(C#N)N(C)C(=O)c2ccccc2[N+](=O)[O-])cc1OC. The van der Waals surface area contributed by atoms with Crippen LogP contribution in [0.15, 0.2) is 42.5 Å². The predicted molar refractivity (Wildman–Crippen MR) is 93.1 cm³/mol. The van der Waals surface area contributed by atoms with E-state index in [0.717, 1.165) is 4.90 Å². The molecule has 0 saturated heterocycles. The molecule has 8 nitrogen and oxygen atoms in total. The maximum absolute atomic E-state index is 12.7. The van der Waals surface area contributed by atoms with Crippen molar-refractivity contribution < 1.29 is 19.2 Å². The molecule has 0 aromatic heterocycles. The fraction of sp³-hybridized carbons (Fsp3) is 0.222. The first kappa shape index (κ1) is 18.7. The van der Waals surface area contributed by atoms with Crippen molar-refractivity contribution in [1.29, 1.82) is 5.26 Å². The summed E-state index contributed by atoms with van der Waals surface area (Å²) in [4.78, 5) is 24.4. The number of amides is 1. The third-order valence-corrected chi connectivity index (χ3v) is 3.88. The van der Waals surface area contributed by atoms with Crippen LogP contribution >= 0.6 is 0 Å². The van der Waals surface area contributed by atoms with Gasteiger partial charge >= 0.3 is 0 Å². The Morgan fingerprint density at radius 1 is 1.19 bits per heavy atom. The van der Waals surface area contributed by atoms with Crippen LogP contribution in [0.4, 0.5) is 5.69 Å². The number of nitriles is 1. The van der Waals surface area contributed by atoms with Crippen molar-refractivity contribution in [3.8, 4) is 17.6 Å². The molecule has 0 saturated carbocycles. The first-order valence-corrected chi connectivity index (χ1v) is 7.56. The van der Waals surface area contributed by atoms with E-state index in [9.17, 15) is 20.2 Å². The first-order chi connectivity index (χ1) is 12.4. The second-order valence-electron chi connectivity index (χ2n) is 5.34. The Bertz CT molecular complexity index is 875. The summed E-state index contributed by atoms with van der Waals surface area (Å²) in [7, 11) is 4.37. The van der Waals surface area contributed by atoms with E-state index < -0.39 is 16.9 Å². The molecular weight excluding hydrogens is 338 g/mol. The van der Waals surface area contributed by atoms with Crippen molar-refractivity contribution in [3.05, 3.63) is 63.7 Å². The molecule has 2 rings (SSSR count). The molecule has 0 spiro atoms. The van der Waals surface area contributed by atoms with Gasteiger partial charge in [-0.25, -0.2) is 0 Å². The Kier molecular flexibility index (Phi) is 5.75. The van der Waals surface area contributed by atoms with E-state index in [-0.39, 0.29) is 11.3 Å². The van der Waals surface area contributed by atoms with E-state index in [2.05, 4.69) is 0 Å². The van der Waals surface area contributed by atoms with Crippen LogP contribution in [0.25, 0.3) is 0 Å². The summed E-state index contributed by atoms with van der Waals surface area (Å²) < 4.78 is 10.4. The van der Waals surface area contributed by atoms with Crippen LogP contribution in [0.1, 0.15) is 22.0 Å². The average molecular weight is 355 g/mol. The van der Waals surface area contributed by atoms with Crippen LogP contribution in [0, 0.1) is 21.4 Å². The van der Waals surface area contributed by atoms with Gasteiger partial charge in [-0.05, 0) is 23.8 Å². The largest absolute Gasteiger partial charge is 0.493 e. The normalized spacial score (nSPS) is 11.2. The Morgan fingerprint density at radius 3 is 2.42 bits per heavy atom. The van der Waals surface area contributed by atoms with Gasteiger partial charge in [0.2, 0.25) is 0 Å². The summed E-state index contributed by atoms with van der Waals surface area (Å²) in [5, 5.41) is 20.7. The second kappa shape index (κ2) is 7.98. The topological polar surface area (TPSA) is 106 Å². The number of rotatable bonds is 6. The van der Waals surface area contributed by atoms with Crippen LogP contribution in [-0.4, -0.2) is 37.0 Å². The van der Waals surface area contributed by atoms with Crippen molar-refractivity contribution in [3.63, 3.8) is 0 Å². The molecule has 1 atom stereocenters. The molecule has 0 N–H and O–H groups in total. The molecule has 1 unspecified atom stereocenters. The van der Waals surface area contributed by atoms with Gasteiger partial charge in [0.05, 0.1) is 25.2 Å². The van der Waals surface area contributed by atoms with E-state index in [1.54, 1.807) is 18.2 Å². The molecule has 0 radical (unpaired) electrons.